The number of aromatic nitrogens is 2. The van der Waals surface area contributed by atoms with E-state index in [9.17, 15) is 0 Å². The second-order valence-electron chi connectivity index (χ2n) is 3.14. The van der Waals surface area contributed by atoms with Gasteiger partial charge in [-0.1, -0.05) is 32.0 Å². The van der Waals surface area contributed by atoms with Crippen LogP contribution in [-0.2, 0) is 0 Å². The van der Waals surface area contributed by atoms with Crippen LogP contribution in [-0.4, -0.2) is 21.6 Å². The van der Waals surface area contributed by atoms with Gasteiger partial charge in [0, 0.05) is 6.20 Å². The van der Waals surface area contributed by atoms with Crippen molar-refractivity contribution in [3.8, 4) is 6.01 Å². The van der Waals surface area contributed by atoms with Gasteiger partial charge in [-0.05, 0) is 12.5 Å². The molecule has 15 heavy (non-hydrogen) atoms. The molecule has 0 saturated carbocycles. The van der Waals surface area contributed by atoms with Crippen molar-refractivity contribution >= 4 is 17.2 Å². The smallest absolute Gasteiger partial charge is 0.316 e. The van der Waals surface area contributed by atoms with Crippen molar-refractivity contribution < 1.29 is 4.74 Å². The van der Waals surface area contributed by atoms with E-state index >= 15 is 0 Å². The van der Waals surface area contributed by atoms with Crippen LogP contribution < -0.4 is 10.5 Å². The molecule has 0 radical (unpaired) electrons. The monoisotopic (exact) mass is 225 g/mol. The first-order chi connectivity index (χ1) is 7.24. The topological polar surface area (TPSA) is 61.0 Å². The van der Waals surface area contributed by atoms with Gasteiger partial charge in [0.15, 0.2) is 0 Å². The summed E-state index contributed by atoms with van der Waals surface area (Å²) in [5, 5.41) is 0. The van der Waals surface area contributed by atoms with Gasteiger partial charge >= 0.3 is 6.01 Å². The van der Waals surface area contributed by atoms with Crippen LogP contribution in [0.25, 0.3) is 0 Å². The van der Waals surface area contributed by atoms with Gasteiger partial charge in [0.1, 0.15) is 10.7 Å². The zero-order valence-electron chi connectivity index (χ0n) is 8.77. The molecule has 0 fully saturated rings. The summed E-state index contributed by atoms with van der Waals surface area (Å²) in [5.74, 6) is 0. The minimum Gasteiger partial charge on any atom is -0.463 e. The third-order valence-corrected chi connectivity index (χ3v) is 2.07. The van der Waals surface area contributed by atoms with E-state index in [-0.39, 0.29) is 4.99 Å². The second kappa shape index (κ2) is 6.29. The van der Waals surface area contributed by atoms with Gasteiger partial charge in [-0.15, -0.1) is 0 Å². The Morgan fingerprint density at radius 1 is 1.53 bits per heavy atom. The lowest BCUT2D eigenvalue weighted by Gasteiger charge is -2.04. The largest absolute Gasteiger partial charge is 0.463 e. The molecule has 1 aromatic heterocycles. The Morgan fingerprint density at radius 3 is 3.00 bits per heavy atom. The maximum atomic E-state index is 5.44. The van der Waals surface area contributed by atoms with Crippen LogP contribution in [0.5, 0.6) is 6.01 Å². The molecule has 0 saturated heterocycles. The van der Waals surface area contributed by atoms with Gasteiger partial charge in [0.05, 0.1) is 6.61 Å². The molecule has 1 rings (SSSR count). The highest BCUT2D eigenvalue weighted by molar-refractivity contribution is 7.80. The van der Waals surface area contributed by atoms with Crippen molar-refractivity contribution in [2.75, 3.05) is 6.61 Å². The molecule has 0 unspecified atom stereocenters. The average molecular weight is 225 g/mol. The molecule has 82 valence electrons. The summed E-state index contributed by atoms with van der Waals surface area (Å²) in [6, 6.07) is 2.01. The van der Waals surface area contributed by atoms with Crippen LogP contribution in [0.2, 0.25) is 0 Å². The third-order valence-electron chi connectivity index (χ3n) is 1.86. The summed E-state index contributed by atoms with van der Waals surface area (Å²) in [4.78, 5) is 8.30. The predicted molar refractivity (Wildman–Crippen MR) is 62.9 cm³/mol. The molecule has 2 N–H and O–H groups in total. The summed E-state index contributed by atoms with van der Waals surface area (Å²) in [6.07, 6.45) is 4.92. The zero-order chi connectivity index (χ0) is 11.1. The lowest BCUT2D eigenvalue weighted by atomic mass is 10.3. The predicted octanol–water partition coefficient (Wildman–Crippen LogP) is 1.68. The maximum Gasteiger partial charge on any atom is 0.316 e. The number of ether oxygens (including phenoxy) is 1. The molecule has 0 aromatic carbocycles. The summed E-state index contributed by atoms with van der Waals surface area (Å²) >= 11 is 4.81. The Bertz CT molecular complexity index is 330. The van der Waals surface area contributed by atoms with Gasteiger partial charge < -0.3 is 10.5 Å². The molecule has 0 amide bonds. The lowest BCUT2D eigenvalue weighted by Crippen LogP contribution is -2.12. The van der Waals surface area contributed by atoms with Crippen molar-refractivity contribution in [2.45, 2.75) is 26.2 Å². The van der Waals surface area contributed by atoms with Crippen LogP contribution in [0, 0.1) is 0 Å². The van der Waals surface area contributed by atoms with Crippen LogP contribution in [0.3, 0.4) is 0 Å². The summed E-state index contributed by atoms with van der Waals surface area (Å²) in [6.45, 7) is 2.78. The molecule has 0 aliphatic rings. The van der Waals surface area contributed by atoms with E-state index < -0.39 is 0 Å². The Labute approximate surface area is 94.9 Å². The molecule has 0 atom stereocenters. The number of thiocarbonyl (C=S) groups is 1. The van der Waals surface area contributed by atoms with Crippen LogP contribution in [0.15, 0.2) is 12.3 Å². The number of nitrogens with zero attached hydrogens (tertiary/aromatic N) is 2. The van der Waals surface area contributed by atoms with Crippen molar-refractivity contribution in [2.24, 2.45) is 5.73 Å². The van der Waals surface area contributed by atoms with E-state index in [1.54, 1.807) is 12.3 Å². The fourth-order valence-electron chi connectivity index (χ4n) is 1.06. The number of rotatable bonds is 6. The zero-order valence-corrected chi connectivity index (χ0v) is 9.59. The number of nitrogens with two attached hydrogens (primary N) is 1. The highest BCUT2D eigenvalue weighted by Crippen LogP contribution is 2.04. The first-order valence-corrected chi connectivity index (χ1v) is 5.40. The van der Waals surface area contributed by atoms with Crippen molar-refractivity contribution in [3.63, 3.8) is 0 Å². The van der Waals surface area contributed by atoms with Gasteiger partial charge in [-0.2, -0.15) is 4.98 Å². The fourth-order valence-corrected chi connectivity index (χ4v) is 1.18. The molecular weight excluding hydrogens is 210 g/mol. The third kappa shape index (κ3) is 4.20. The van der Waals surface area contributed by atoms with Crippen molar-refractivity contribution in [1.82, 2.24) is 9.97 Å². The Balaban J connectivity index is 2.47. The van der Waals surface area contributed by atoms with E-state index in [1.807, 2.05) is 0 Å². The van der Waals surface area contributed by atoms with E-state index in [0.717, 1.165) is 19.3 Å². The fraction of sp³-hybridized carbons (Fsp3) is 0.500. The average Bonchev–Trinajstić information content (AvgIpc) is 2.25. The summed E-state index contributed by atoms with van der Waals surface area (Å²) < 4.78 is 5.36. The van der Waals surface area contributed by atoms with Gasteiger partial charge in [-0.3, -0.25) is 0 Å². The molecule has 1 aromatic rings. The lowest BCUT2D eigenvalue weighted by molar-refractivity contribution is 0.282. The summed E-state index contributed by atoms with van der Waals surface area (Å²) in [5.41, 5.74) is 5.99. The van der Waals surface area contributed by atoms with E-state index in [4.69, 9.17) is 22.7 Å². The first-order valence-electron chi connectivity index (χ1n) is 4.99. The van der Waals surface area contributed by atoms with Crippen LogP contribution >= 0.6 is 12.2 Å². The standard InChI is InChI=1S/C10H15N3OS/c1-2-3-4-7-14-10-12-6-5-8(13-10)9(11)15/h5-6H,2-4,7H2,1H3,(H2,11,15). The second-order valence-corrected chi connectivity index (χ2v) is 3.58. The SMILES string of the molecule is CCCCCOc1nccc(C(N)=S)n1. The van der Waals surface area contributed by atoms with Crippen molar-refractivity contribution in [3.05, 3.63) is 18.0 Å². The van der Waals surface area contributed by atoms with Crippen LogP contribution in [0.4, 0.5) is 0 Å². The molecule has 4 nitrogen and oxygen atoms in total. The Kier molecular flexibility index (Phi) is 4.97. The highest BCUT2D eigenvalue weighted by atomic mass is 32.1. The quantitative estimate of drug-likeness (QED) is 0.589. The molecular formula is C10H15N3OS. The number of hydrogen-bond donors (Lipinski definition) is 1. The van der Waals surface area contributed by atoms with E-state index in [2.05, 4.69) is 16.9 Å². The minimum absolute atomic E-state index is 0.260. The minimum atomic E-state index is 0.260. The highest BCUT2D eigenvalue weighted by Gasteiger charge is 2.01. The van der Waals surface area contributed by atoms with E-state index in [1.165, 1.54) is 0 Å². The molecule has 0 aliphatic heterocycles. The molecule has 0 spiro atoms. The van der Waals surface area contributed by atoms with Gasteiger partial charge in [0.2, 0.25) is 0 Å². The van der Waals surface area contributed by atoms with Gasteiger partial charge in [0.25, 0.3) is 0 Å². The first kappa shape index (κ1) is 11.8. The summed E-state index contributed by atoms with van der Waals surface area (Å²) in [7, 11) is 0. The van der Waals surface area contributed by atoms with E-state index in [0.29, 0.717) is 18.3 Å². The molecule has 1 heterocycles. The normalized spacial score (nSPS) is 9.93. The number of unbranched alkanes of at least 4 members (excludes halogenated alkanes) is 2. The van der Waals surface area contributed by atoms with Crippen molar-refractivity contribution in [1.29, 1.82) is 0 Å². The Hall–Kier alpha value is -1.23. The van der Waals surface area contributed by atoms with Gasteiger partial charge in [-0.25, -0.2) is 4.98 Å². The van der Waals surface area contributed by atoms with Crippen LogP contribution in [0.1, 0.15) is 31.9 Å². The maximum absolute atomic E-state index is 5.44. The molecule has 0 aliphatic carbocycles. The Morgan fingerprint density at radius 2 is 2.33 bits per heavy atom. The molecule has 5 heteroatoms. The number of hydrogen-bond acceptors (Lipinski definition) is 4. The molecule has 0 bridgehead atoms.